The molecule has 1 heterocycles. The van der Waals surface area contributed by atoms with Crippen LogP contribution in [-0.4, -0.2) is 16.1 Å². The standard InChI is InChI=1S/C14H13N3.C7H7NO/c15-13-6-3-4-11(8-13)10-17-14-7-2-1-5-12(14)9-16-17;8-7-3-1-2-6(4-7)5-9/h1-9H,10,15H2;1-5H,8H2. The lowest BCUT2D eigenvalue weighted by atomic mass is 10.2. The Morgan fingerprint density at radius 2 is 1.62 bits per heavy atom. The third kappa shape index (κ3) is 4.27. The number of nitrogens with zero attached hydrogens (tertiary/aromatic N) is 2. The maximum absolute atomic E-state index is 10.1. The molecule has 0 saturated heterocycles. The molecule has 0 radical (unpaired) electrons. The molecular weight excluding hydrogens is 324 g/mol. The fourth-order valence-electron chi connectivity index (χ4n) is 2.65. The first kappa shape index (κ1) is 17.2. The SMILES string of the molecule is Nc1cccc(C=O)c1.Nc1cccc(Cn2ncc3ccccc32)c1. The van der Waals surface area contributed by atoms with Gasteiger partial charge in [-0.2, -0.15) is 5.10 Å². The first-order chi connectivity index (χ1) is 12.7. The maximum Gasteiger partial charge on any atom is 0.150 e. The number of hydrogen-bond donors (Lipinski definition) is 2. The minimum absolute atomic E-state index is 0.620. The van der Waals surface area contributed by atoms with Crippen molar-refractivity contribution in [1.82, 2.24) is 9.78 Å². The van der Waals surface area contributed by atoms with Crippen LogP contribution < -0.4 is 11.5 Å². The molecule has 0 spiro atoms. The minimum atomic E-state index is 0.620. The molecule has 0 aliphatic rings. The van der Waals surface area contributed by atoms with Crippen LogP contribution in [0.25, 0.3) is 10.9 Å². The lowest BCUT2D eigenvalue weighted by Crippen LogP contribution is -2.01. The molecule has 0 unspecified atom stereocenters. The summed E-state index contributed by atoms with van der Waals surface area (Å²) in [6.07, 6.45) is 2.66. The quantitative estimate of drug-likeness (QED) is 0.438. The molecule has 0 aliphatic carbocycles. The third-order valence-corrected chi connectivity index (χ3v) is 3.88. The average Bonchev–Trinajstić information content (AvgIpc) is 3.05. The van der Waals surface area contributed by atoms with Crippen LogP contribution in [0.1, 0.15) is 15.9 Å². The predicted octanol–water partition coefficient (Wildman–Crippen LogP) is 3.75. The Bertz CT molecular complexity index is 1020. The molecule has 5 heteroatoms. The zero-order valence-electron chi connectivity index (χ0n) is 14.2. The van der Waals surface area contributed by atoms with E-state index in [4.69, 9.17) is 11.5 Å². The zero-order valence-corrected chi connectivity index (χ0v) is 14.2. The molecule has 3 aromatic carbocycles. The third-order valence-electron chi connectivity index (χ3n) is 3.88. The van der Waals surface area contributed by atoms with Crippen LogP contribution in [0.15, 0.2) is 79.0 Å². The van der Waals surface area contributed by atoms with Gasteiger partial charge in [0.05, 0.1) is 18.3 Å². The van der Waals surface area contributed by atoms with Crippen LogP contribution in [0.3, 0.4) is 0 Å². The number of benzene rings is 3. The van der Waals surface area contributed by atoms with Gasteiger partial charge < -0.3 is 11.5 Å². The largest absolute Gasteiger partial charge is 0.399 e. The van der Waals surface area contributed by atoms with Gasteiger partial charge in [-0.1, -0.05) is 42.5 Å². The Hall–Kier alpha value is -3.60. The van der Waals surface area contributed by atoms with E-state index in [9.17, 15) is 4.79 Å². The van der Waals surface area contributed by atoms with Crippen molar-refractivity contribution in [3.8, 4) is 0 Å². The number of nitrogens with two attached hydrogens (primary N) is 2. The molecule has 5 nitrogen and oxygen atoms in total. The number of aldehydes is 1. The van der Waals surface area contributed by atoms with Gasteiger partial charge in [-0.25, -0.2) is 0 Å². The highest BCUT2D eigenvalue weighted by Gasteiger charge is 2.02. The van der Waals surface area contributed by atoms with E-state index in [-0.39, 0.29) is 0 Å². The number of fused-ring (bicyclic) bond motifs is 1. The van der Waals surface area contributed by atoms with Crippen molar-refractivity contribution in [1.29, 1.82) is 0 Å². The van der Waals surface area contributed by atoms with Crippen molar-refractivity contribution < 1.29 is 4.79 Å². The topological polar surface area (TPSA) is 86.9 Å². The van der Waals surface area contributed by atoms with Gasteiger partial charge in [0.2, 0.25) is 0 Å². The monoisotopic (exact) mass is 344 g/mol. The number of carbonyl (C=O) groups excluding carboxylic acids is 1. The van der Waals surface area contributed by atoms with Crippen molar-refractivity contribution in [2.75, 3.05) is 11.5 Å². The Morgan fingerprint density at radius 3 is 2.31 bits per heavy atom. The van der Waals surface area contributed by atoms with Gasteiger partial charge in [0, 0.05) is 22.3 Å². The second kappa shape index (κ2) is 7.98. The Balaban J connectivity index is 0.000000185. The summed E-state index contributed by atoms with van der Waals surface area (Å²) in [5, 5.41) is 5.56. The van der Waals surface area contributed by atoms with Crippen molar-refractivity contribution in [3.63, 3.8) is 0 Å². The summed E-state index contributed by atoms with van der Waals surface area (Å²) < 4.78 is 1.99. The molecule has 0 fully saturated rings. The maximum atomic E-state index is 10.1. The second-order valence-electron chi connectivity index (χ2n) is 5.89. The van der Waals surface area contributed by atoms with E-state index < -0.39 is 0 Å². The van der Waals surface area contributed by atoms with E-state index in [1.54, 1.807) is 24.3 Å². The van der Waals surface area contributed by atoms with Crippen molar-refractivity contribution in [2.24, 2.45) is 0 Å². The first-order valence-electron chi connectivity index (χ1n) is 8.21. The number of carbonyl (C=O) groups is 1. The fraction of sp³-hybridized carbons (Fsp3) is 0.0476. The molecule has 26 heavy (non-hydrogen) atoms. The van der Waals surface area contributed by atoms with E-state index in [2.05, 4.69) is 23.3 Å². The molecular formula is C21H20N4O. The zero-order chi connectivity index (χ0) is 18.4. The van der Waals surface area contributed by atoms with Gasteiger partial charge in [0.1, 0.15) is 6.29 Å². The van der Waals surface area contributed by atoms with E-state index in [1.165, 1.54) is 5.56 Å². The van der Waals surface area contributed by atoms with Crippen LogP contribution in [0.5, 0.6) is 0 Å². The van der Waals surface area contributed by atoms with Gasteiger partial charge in [-0.05, 0) is 35.9 Å². The Kier molecular flexibility index (Phi) is 5.29. The number of rotatable bonds is 3. The molecule has 0 atom stereocenters. The molecule has 0 aliphatic heterocycles. The summed E-state index contributed by atoms with van der Waals surface area (Å²) in [5.41, 5.74) is 15.5. The minimum Gasteiger partial charge on any atom is -0.399 e. The Labute approximate surface area is 151 Å². The number of hydrogen-bond acceptors (Lipinski definition) is 4. The van der Waals surface area contributed by atoms with Gasteiger partial charge in [0.25, 0.3) is 0 Å². The Morgan fingerprint density at radius 1 is 0.885 bits per heavy atom. The van der Waals surface area contributed by atoms with E-state index in [1.807, 2.05) is 41.2 Å². The van der Waals surface area contributed by atoms with Crippen LogP contribution in [0.2, 0.25) is 0 Å². The van der Waals surface area contributed by atoms with Crippen molar-refractivity contribution in [3.05, 3.63) is 90.1 Å². The molecule has 1 aromatic heterocycles. The highest BCUT2D eigenvalue weighted by Crippen LogP contribution is 2.15. The number of anilines is 2. The summed E-state index contributed by atoms with van der Waals surface area (Å²) in [5.74, 6) is 0. The van der Waals surface area contributed by atoms with E-state index >= 15 is 0 Å². The van der Waals surface area contributed by atoms with Crippen molar-refractivity contribution in [2.45, 2.75) is 6.54 Å². The average molecular weight is 344 g/mol. The predicted molar refractivity (Wildman–Crippen MR) is 106 cm³/mol. The molecule has 0 amide bonds. The lowest BCUT2D eigenvalue weighted by Gasteiger charge is -2.04. The van der Waals surface area contributed by atoms with Gasteiger partial charge in [-0.3, -0.25) is 9.48 Å². The smallest absolute Gasteiger partial charge is 0.150 e. The van der Waals surface area contributed by atoms with Crippen LogP contribution in [0.4, 0.5) is 11.4 Å². The molecule has 4 rings (SSSR count). The highest BCUT2D eigenvalue weighted by atomic mass is 16.1. The number of nitrogen functional groups attached to an aromatic ring is 2. The molecule has 0 bridgehead atoms. The summed E-state index contributed by atoms with van der Waals surface area (Å²) in [7, 11) is 0. The molecule has 0 saturated carbocycles. The molecule has 130 valence electrons. The van der Waals surface area contributed by atoms with Crippen LogP contribution >= 0.6 is 0 Å². The van der Waals surface area contributed by atoms with Crippen molar-refractivity contribution >= 4 is 28.6 Å². The van der Waals surface area contributed by atoms with Crippen LogP contribution in [0, 0.1) is 0 Å². The summed E-state index contributed by atoms with van der Waals surface area (Å²) in [6, 6.07) is 22.9. The van der Waals surface area contributed by atoms with Gasteiger partial charge in [0.15, 0.2) is 0 Å². The summed E-state index contributed by atoms with van der Waals surface area (Å²) in [6.45, 7) is 0.749. The molecule has 4 aromatic rings. The molecule has 4 N–H and O–H groups in total. The summed E-state index contributed by atoms with van der Waals surface area (Å²) in [4.78, 5) is 10.1. The lowest BCUT2D eigenvalue weighted by molar-refractivity contribution is 0.112. The van der Waals surface area contributed by atoms with E-state index in [0.29, 0.717) is 11.3 Å². The number of para-hydroxylation sites is 1. The summed E-state index contributed by atoms with van der Waals surface area (Å²) >= 11 is 0. The second-order valence-corrected chi connectivity index (χ2v) is 5.89. The highest BCUT2D eigenvalue weighted by molar-refractivity contribution is 5.78. The van der Waals surface area contributed by atoms with Gasteiger partial charge in [-0.15, -0.1) is 0 Å². The fourth-order valence-corrected chi connectivity index (χ4v) is 2.65. The van der Waals surface area contributed by atoms with E-state index in [0.717, 1.165) is 29.4 Å². The van der Waals surface area contributed by atoms with Gasteiger partial charge >= 0.3 is 0 Å². The van der Waals surface area contributed by atoms with Crippen LogP contribution in [-0.2, 0) is 6.54 Å². The first-order valence-corrected chi connectivity index (χ1v) is 8.21. The number of aromatic nitrogens is 2. The normalized spacial score (nSPS) is 10.2.